The molecule has 1 saturated carbocycles. The highest BCUT2D eigenvalue weighted by Crippen LogP contribution is 2.52. The van der Waals surface area contributed by atoms with Crippen LogP contribution in [0, 0.1) is 0 Å². The van der Waals surface area contributed by atoms with Crippen molar-refractivity contribution in [2.75, 3.05) is 23.5 Å². The molecule has 1 aliphatic carbocycles. The summed E-state index contributed by atoms with van der Waals surface area (Å²) in [5.41, 5.74) is 3.91. The molecule has 1 fully saturated rings. The van der Waals surface area contributed by atoms with Crippen LogP contribution in [0.1, 0.15) is 37.8 Å². The number of ether oxygens (including phenoxy) is 1. The molecule has 2 aliphatic heterocycles. The second kappa shape index (κ2) is 9.26. The third-order valence-electron chi connectivity index (χ3n) is 6.87. The summed E-state index contributed by atoms with van der Waals surface area (Å²) in [6.45, 7) is 8.06. The lowest BCUT2D eigenvalue weighted by atomic mass is 9.86. The van der Waals surface area contributed by atoms with Crippen LogP contribution in [-0.2, 0) is 26.3 Å². The van der Waals surface area contributed by atoms with Gasteiger partial charge in [0.25, 0.3) is 5.91 Å². The van der Waals surface area contributed by atoms with Gasteiger partial charge in [0, 0.05) is 31.1 Å². The predicted octanol–water partition coefficient (Wildman–Crippen LogP) is 5.11. The van der Waals surface area contributed by atoms with Gasteiger partial charge in [-0.15, -0.1) is 0 Å². The number of guanidine groups is 1. The molecule has 3 aliphatic rings. The Labute approximate surface area is 219 Å². The van der Waals surface area contributed by atoms with Gasteiger partial charge in [-0.1, -0.05) is 35.3 Å². The minimum absolute atomic E-state index is 0.0777. The fourth-order valence-electron chi connectivity index (χ4n) is 4.78. The van der Waals surface area contributed by atoms with E-state index in [9.17, 15) is 9.59 Å². The molecule has 0 aromatic heterocycles. The van der Waals surface area contributed by atoms with E-state index in [1.165, 1.54) is 10.5 Å². The zero-order valence-corrected chi connectivity index (χ0v) is 21.5. The maximum absolute atomic E-state index is 13.1. The molecule has 2 aromatic rings. The number of halogens is 2. The van der Waals surface area contributed by atoms with Crippen molar-refractivity contribution in [1.29, 1.82) is 0 Å². The number of anilines is 2. The summed E-state index contributed by atoms with van der Waals surface area (Å²) in [5.74, 6) is 0.0638. The van der Waals surface area contributed by atoms with Crippen LogP contribution in [0.4, 0.5) is 11.4 Å². The summed E-state index contributed by atoms with van der Waals surface area (Å²) in [5, 5.41) is 3.84. The van der Waals surface area contributed by atoms with Crippen LogP contribution in [0.25, 0.3) is 0 Å². The Morgan fingerprint density at radius 3 is 2.56 bits per heavy atom. The molecule has 10 heteroatoms. The Kier molecular flexibility index (Phi) is 6.26. The number of fused-ring (bicyclic) bond motifs is 2. The summed E-state index contributed by atoms with van der Waals surface area (Å²) < 4.78 is 5.78. The van der Waals surface area contributed by atoms with Crippen LogP contribution in [0.3, 0.4) is 0 Å². The van der Waals surface area contributed by atoms with Crippen LogP contribution >= 0.6 is 23.2 Å². The first-order valence-corrected chi connectivity index (χ1v) is 12.3. The molecule has 2 aromatic carbocycles. The van der Waals surface area contributed by atoms with E-state index in [4.69, 9.17) is 27.9 Å². The molecule has 1 N–H and O–H groups in total. The maximum atomic E-state index is 13.1. The molecule has 0 unspecified atom stereocenters. The average molecular weight is 526 g/mol. The van der Waals surface area contributed by atoms with Crippen molar-refractivity contribution < 1.29 is 14.3 Å². The van der Waals surface area contributed by atoms with Gasteiger partial charge in [0.15, 0.2) is 6.73 Å². The standard InChI is InChI=1S/C26H25Cl2N5O3/c1-15-23(36-14-33(24(15)35)22-20(27)5-4-6-21(22)28)31-25(29-3)30-18-7-8-19-17(11-18)12-32(16(2)34)13-26(19)9-10-26/h4-8,11H,3,9-10,12-14H2,1-2H3,(H,30,31). The molecule has 0 radical (unpaired) electrons. The maximum Gasteiger partial charge on any atom is 0.262 e. The van der Waals surface area contributed by atoms with Gasteiger partial charge in [-0.05, 0) is 61.9 Å². The van der Waals surface area contributed by atoms with Crippen molar-refractivity contribution in [2.45, 2.75) is 38.6 Å². The fourth-order valence-corrected chi connectivity index (χ4v) is 5.38. The van der Waals surface area contributed by atoms with Gasteiger partial charge in [-0.25, -0.2) is 4.99 Å². The summed E-state index contributed by atoms with van der Waals surface area (Å²) >= 11 is 12.6. The van der Waals surface area contributed by atoms with Gasteiger partial charge in [-0.3, -0.25) is 14.5 Å². The van der Waals surface area contributed by atoms with E-state index in [2.05, 4.69) is 28.1 Å². The number of amides is 2. The van der Waals surface area contributed by atoms with Crippen LogP contribution in [0.2, 0.25) is 10.0 Å². The van der Waals surface area contributed by atoms with Gasteiger partial charge < -0.3 is 15.0 Å². The number of nitrogens with zero attached hydrogens (tertiary/aromatic N) is 4. The summed E-state index contributed by atoms with van der Waals surface area (Å²) in [7, 11) is 0. The number of benzene rings is 2. The Morgan fingerprint density at radius 2 is 1.92 bits per heavy atom. The Hall–Kier alpha value is -3.36. The van der Waals surface area contributed by atoms with Gasteiger partial charge >= 0.3 is 0 Å². The zero-order valence-electron chi connectivity index (χ0n) is 20.0. The molecule has 0 saturated heterocycles. The normalized spacial score (nSPS) is 18.7. The first kappa shape index (κ1) is 24.3. The van der Waals surface area contributed by atoms with Crippen molar-refractivity contribution in [2.24, 2.45) is 9.98 Å². The monoisotopic (exact) mass is 525 g/mol. The third-order valence-corrected chi connectivity index (χ3v) is 7.48. The van der Waals surface area contributed by atoms with Crippen LogP contribution in [-0.4, -0.2) is 42.7 Å². The minimum atomic E-state index is -0.328. The van der Waals surface area contributed by atoms with Crippen LogP contribution < -0.4 is 10.2 Å². The van der Waals surface area contributed by atoms with E-state index in [-0.39, 0.29) is 41.4 Å². The van der Waals surface area contributed by atoms with E-state index in [1.807, 2.05) is 17.0 Å². The molecule has 2 amide bonds. The predicted molar refractivity (Wildman–Crippen MR) is 142 cm³/mol. The number of hydrogen-bond acceptors (Lipinski definition) is 4. The van der Waals surface area contributed by atoms with Crippen LogP contribution in [0.5, 0.6) is 0 Å². The SMILES string of the molecule is C=N/C(=N\C1=C(C)C(=O)N(c2c(Cl)cccc2Cl)CO1)Nc1ccc2c(c1)CN(C(C)=O)CC21CC1. The highest BCUT2D eigenvalue weighted by Gasteiger charge is 2.49. The first-order chi connectivity index (χ1) is 17.2. The molecule has 5 rings (SSSR count). The molecule has 0 atom stereocenters. The molecule has 8 nitrogen and oxygen atoms in total. The van der Waals surface area contributed by atoms with Gasteiger partial charge in [0.2, 0.25) is 17.7 Å². The molecule has 2 heterocycles. The second-order valence-corrected chi connectivity index (χ2v) is 10.1. The van der Waals surface area contributed by atoms with Crippen molar-refractivity contribution >= 4 is 59.1 Å². The number of aliphatic imine (C=N–C) groups is 2. The third kappa shape index (κ3) is 4.35. The van der Waals surface area contributed by atoms with Crippen molar-refractivity contribution in [3.63, 3.8) is 0 Å². The average Bonchev–Trinajstić information content (AvgIpc) is 3.61. The van der Waals surface area contributed by atoms with Crippen molar-refractivity contribution in [1.82, 2.24) is 4.90 Å². The van der Waals surface area contributed by atoms with E-state index >= 15 is 0 Å². The Balaban J connectivity index is 1.39. The molecule has 1 spiro atoms. The summed E-state index contributed by atoms with van der Waals surface area (Å²) in [4.78, 5) is 36.8. The Morgan fingerprint density at radius 1 is 1.19 bits per heavy atom. The highest BCUT2D eigenvalue weighted by atomic mass is 35.5. The topological polar surface area (TPSA) is 86.6 Å². The number of rotatable bonds is 3. The second-order valence-electron chi connectivity index (χ2n) is 9.25. The highest BCUT2D eigenvalue weighted by molar-refractivity contribution is 6.40. The molecule has 186 valence electrons. The smallest absolute Gasteiger partial charge is 0.262 e. The van der Waals surface area contributed by atoms with E-state index in [1.54, 1.807) is 32.0 Å². The fraction of sp³-hybridized carbons (Fsp3) is 0.308. The lowest BCUT2D eigenvalue weighted by molar-refractivity contribution is -0.130. The zero-order chi connectivity index (χ0) is 25.6. The van der Waals surface area contributed by atoms with Crippen LogP contribution in [0.15, 0.2) is 57.8 Å². The number of nitrogens with one attached hydrogen (secondary N) is 1. The van der Waals surface area contributed by atoms with E-state index < -0.39 is 0 Å². The molecule has 0 bridgehead atoms. The number of para-hydroxylation sites is 1. The van der Waals surface area contributed by atoms with Crippen molar-refractivity contribution in [3.05, 3.63) is 69.0 Å². The number of hydrogen-bond donors (Lipinski definition) is 1. The number of carbonyl (C=O) groups is 2. The van der Waals surface area contributed by atoms with Gasteiger partial charge in [-0.2, -0.15) is 4.99 Å². The van der Waals surface area contributed by atoms with Gasteiger partial charge in [0.05, 0.1) is 21.3 Å². The lowest BCUT2D eigenvalue weighted by Gasteiger charge is -2.35. The number of carbonyl (C=O) groups excluding carboxylic acids is 2. The lowest BCUT2D eigenvalue weighted by Crippen LogP contribution is -2.40. The summed E-state index contributed by atoms with van der Waals surface area (Å²) in [6, 6.07) is 11.1. The molecule has 36 heavy (non-hydrogen) atoms. The van der Waals surface area contributed by atoms with Gasteiger partial charge in [0.1, 0.15) is 0 Å². The largest absolute Gasteiger partial charge is 0.455 e. The first-order valence-electron chi connectivity index (χ1n) is 11.5. The van der Waals surface area contributed by atoms with E-state index in [0.29, 0.717) is 22.3 Å². The van der Waals surface area contributed by atoms with Crippen molar-refractivity contribution in [3.8, 4) is 0 Å². The quantitative estimate of drug-likeness (QED) is 0.445. The molecular weight excluding hydrogens is 501 g/mol. The molecular formula is C26H25Cl2N5O3. The Bertz CT molecular complexity index is 1330. The summed E-state index contributed by atoms with van der Waals surface area (Å²) in [6.07, 6.45) is 2.18. The van der Waals surface area contributed by atoms with E-state index in [0.717, 1.165) is 30.6 Å². The minimum Gasteiger partial charge on any atom is -0.455 e.